The third-order valence-electron chi connectivity index (χ3n) is 2.59. The van der Waals surface area contributed by atoms with Gasteiger partial charge in [0.15, 0.2) is 0 Å². The minimum absolute atomic E-state index is 0.0231. The van der Waals surface area contributed by atoms with E-state index < -0.39 is 10.8 Å². The fourth-order valence-electron chi connectivity index (χ4n) is 1.58. The molecule has 108 valence electrons. The van der Waals surface area contributed by atoms with Crippen LogP contribution >= 0.6 is 43.5 Å². The van der Waals surface area contributed by atoms with Crippen molar-refractivity contribution in [3.8, 4) is 0 Å². The Morgan fingerprint density at radius 2 is 1.90 bits per heavy atom. The van der Waals surface area contributed by atoms with Gasteiger partial charge in [0.25, 0.3) is 11.6 Å². The summed E-state index contributed by atoms with van der Waals surface area (Å²) in [5, 5.41) is 13.3. The van der Waals surface area contributed by atoms with Crippen molar-refractivity contribution in [1.29, 1.82) is 0 Å². The molecule has 0 aliphatic rings. The van der Waals surface area contributed by atoms with Crippen LogP contribution in [0.4, 0.5) is 11.4 Å². The predicted octanol–water partition coefficient (Wildman–Crippen LogP) is 5.03. The number of rotatable bonds is 3. The van der Waals surface area contributed by atoms with Crippen LogP contribution in [-0.2, 0) is 0 Å². The van der Waals surface area contributed by atoms with Crippen molar-refractivity contribution in [2.75, 3.05) is 5.32 Å². The van der Waals surface area contributed by atoms with Crippen LogP contribution in [0.25, 0.3) is 0 Å². The van der Waals surface area contributed by atoms with Crippen LogP contribution < -0.4 is 5.32 Å². The van der Waals surface area contributed by atoms with Crippen LogP contribution in [0.5, 0.6) is 0 Å². The van der Waals surface area contributed by atoms with Gasteiger partial charge in [-0.2, -0.15) is 0 Å². The highest BCUT2D eigenvalue weighted by Gasteiger charge is 2.15. The van der Waals surface area contributed by atoms with Gasteiger partial charge in [-0.05, 0) is 40.2 Å². The molecule has 0 saturated heterocycles. The Morgan fingerprint density at radius 1 is 1.19 bits per heavy atom. The lowest BCUT2D eigenvalue weighted by atomic mass is 10.2. The number of amides is 1. The second kappa shape index (κ2) is 6.55. The summed E-state index contributed by atoms with van der Waals surface area (Å²) < 4.78 is 1.56. The Morgan fingerprint density at radius 3 is 2.48 bits per heavy atom. The van der Waals surface area contributed by atoms with Crippen molar-refractivity contribution in [3.63, 3.8) is 0 Å². The van der Waals surface area contributed by atoms with E-state index >= 15 is 0 Å². The molecule has 0 aromatic heterocycles. The van der Waals surface area contributed by atoms with Gasteiger partial charge in [0.05, 0.1) is 21.2 Å². The molecule has 0 fully saturated rings. The Labute approximate surface area is 141 Å². The van der Waals surface area contributed by atoms with Crippen molar-refractivity contribution in [3.05, 3.63) is 66.0 Å². The van der Waals surface area contributed by atoms with Gasteiger partial charge in [0.1, 0.15) is 0 Å². The molecule has 1 amide bonds. The molecule has 0 spiro atoms. The number of non-ortho nitro benzene ring substituents is 1. The van der Waals surface area contributed by atoms with E-state index in [0.29, 0.717) is 10.2 Å². The van der Waals surface area contributed by atoms with Crippen molar-refractivity contribution in [2.24, 2.45) is 0 Å². The monoisotopic (exact) mass is 432 g/mol. The van der Waals surface area contributed by atoms with Gasteiger partial charge in [-0.25, -0.2) is 0 Å². The number of hydrogen-bond acceptors (Lipinski definition) is 3. The van der Waals surface area contributed by atoms with Crippen LogP contribution in [0.2, 0.25) is 5.02 Å². The lowest BCUT2D eigenvalue weighted by Crippen LogP contribution is -2.13. The van der Waals surface area contributed by atoms with E-state index in [4.69, 9.17) is 11.6 Å². The molecule has 5 nitrogen and oxygen atoms in total. The second-order valence-electron chi connectivity index (χ2n) is 4.00. The first kappa shape index (κ1) is 15.9. The zero-order valence-electron chi connectivity index (χ0n) is 10.3. The first-order chi connectivity index (χ1) is 9.88. The molecule has 0 radical (unpaired) electrons. The van der Waals surface area contributed by atoms with Gasteiger partial charge in [0, 0.05) is 21.1 Å². The minimum Gasteiger partial charge on any atom is -0.321 e. The average molecular weight is 434 g/mol. The fraction of sp³-hybridized carbons (Fsp3) is 0. The number of anilines is 1. The highest BCUT2D eigenvalue weighted by molar-refractivity contribution is 9.11. The second-order valence-corrected chi connectivity index (χ2v) is 6.18. The Kier molecular flexibility index (Phi) is 4.97. The van der Waals surface area contributed by atoms with Crippen LogP contribution in [0.1, 0.15) is 10.4 Å². The lowest BCUT2D eigenvalue weighted by Gasteiger charge is -2.09. The number of carbonyl (C=O) groups is 1. The Hall–Kier alpha value is -1.44. The number of nitrogens with one attached hydrogen (secondary N) is 1. The van der Waals surface area contributed by atoms with Gasteiger partial charge in [0.2, 0.25) is 0 Å². The first-order valence-corrected chi connectivity index (χ1v) is 7.55. The Bertz CT molecular complexity index is 737. The zero-order chi connectivity index (χ0) is 15.6. The number of nitrogens with zero attached hydrogens (tertiary/aromatic N) is 1. The Balaban J connectivity index is 2.26. The quantitative estimate of drug-likeness (QED) is 0.544. The first-order valence-electron chi connectivity index (χ1n) is 5.59. The molecule has 0 saturated carbocycles. The summed E-state index contributed by atoms with van der Waals surface area (Å²) in [6.07, 6.45) is 0. The number of nitro benzene ring substituents is 1. The molecule has 2 aromatic rings. The minimum atomic E-state index is -0.571. The van der Waals surface area contributed by atoms with Gasteiger partial charge >= 0.3 is 0 Å². The number of halogens is 3. The maximum absolute atomic E-state index is 12.2. The van der Waals surface area contributed by atoms with E-state index in [1.54, 1.807) is 18.2 Å². The third-order valence-corrected chi connectivity index (χ3v) is 4.05. The maximum atomic E-state index is 12.2. The molecule has 0 aliphatic carbocycles. The largest absolute Gasteiger partial charge is 0.321 e. The van der Waals surface area contributed by atoms with Crippen molar-refractivity contribution >= 4 is 60.7 Å². The van der Waals surface area contributed by atoms with Gasteiger partial charge in [-0.1, -0.05) is 27.5 Å². The van der Waals surface area contributed by atoms with E-state index in [-0.39, 0.29) is 16.3 Å². The molecule has 2 rings (SSSR count). The molecule has 0 heterocycles. The molecular formula is C13H7Br2ClN2O3. The number of hydrogen-bond donors (Lipinski definition) is 1. The van der Waals surface area contributed by atoms with Gasteiger partial charge < -0.3 is 5.32 Å². The molecule has 2 aromatic carbocycles. The fourth-order valence-corrected chi connectivity index (χ4v) is 2.99. The summed E-state index contributed by atoms with van der Waals surface area (Å²) in [6, 6.07) is 8.98. The van der Waals surface area contributed by atoms with E-state index in [1.165, 1.54) is 12.1 Å². The van der Waals surface area contributed by atoms with Crippen molar-refractivity contribution < 1.29 is 9.72 Å². The number of nitro groups is 1. The predicted molar refractivity (Wildman–Crippen MR) is 87.9 cm³/mol. The smallest absolute Gasteiger partial charge is 0.270 e. The SMILES string of the molecule is O=C(Nc1ccc(Br)cc1Br)c1ccc([N+](=O)[O-])cc1Cl. The van der Waals surface area contributed by atoms with E-state index in [9.17, 15) is 14.9 Å². The summed E-state index contributed by atoms with van der Waals surface area (Å²) >= 11 is 12.6. The highest BCUT2D eigenvalue weighted by atomic mass is 79.9. The summed E-state index contributed by atoms with van der Waals surface area (Å²) in [4.78, 5) is 22.2. The summed E-state index contributed by atoms with van der Waals surface area (Å²) in [7, 11) is 0. The van der Waals surface area contributed by atoms with Crippen LogP contribution in [-0.4, -0.2) is 10.8 Å². The zero-order valence-corrected chi connectivity index (χ0v) is 14.2. The molecule has 0 unspecified atom stereocenters. The van der Waals surface area contributed by atoms with E-state index in [1.807, 2.05) is 0 Å². The summed E-state index contributed by atoms with van der Waals surface area (Å²) in [6.45, 7) is 0. The molecule has 0 aliphatic heterocycles. The standard InChI is InChI=1S/C13H7Br2ClN2O3/c14-7-1-4-12(10(15)5-7)17-13(19)9-3-2-8(18(20)21)6-11(9)16/h1-6H,(H,17,19). The topological polar surface area (TPSA) is 72.2 Å². The van der Waals surface area contributed by atoms with Crippen molar-refractivity contribution in [1.82, 2.24) is 0 Å². The van der Waals surface area contributed by atoms with Gasteiger partial charge in [-0.3, -0.25) is 14.9 Å². The molecule has 0 bridgehead atoms. The molecule has 8 heteroatoms. The highest BCUT2D eigenvalue weighted by Crippen LogP contribution is 2.28. The lowest BCUT2D eigenvalue weighted by molar-refractivity contribution is -0.384. The van der Waals surface area contributed by atoms with Crippen LogP contribution in [0.15, 0.2) is 45.3 Å². The molecular weight excluding hydrogens is 427 g/mol. The van der Waals surface area contributed by atoms with Crippen molar-refractivity contribution in [2.45, 2.75) is 0 Å². The van der Waals surface area contributed by atoms with E-state index in [0.717, 1.165) is 10.5 Å². The van der Waals surface area contributed by atoms with Crippen LogP contribution in [0, 0.1) is 10.1 Å². The van der Waals surface area contributed by atoms with Gasteiger partial charge in [-0.15, -0.1) is 0 Å². The summed E-state index contributed by atoms with van der Waals surface area (Å²) in [5.41, 5.74) is 0.566. The summed E-state index contributed by atoms with van der Waals surface area (Å²) in [5.74, 6) is -0.446. The van der Waals surface area contributed by atoms with E-state index in [2.05, 4.69) is 37.2 Å². The number of carbonyl (C=O) groups excluding carboxylic acids is 1. The molecule has 21 heavy (non-hydrogen) atoms. The molecule has 0 atom stereocenters. The normalized spacial score (nSPS) is 10.2. The molecule has 1 N–H and O–H groups in total. The number of benzene rings is 2. The maximum Gasteiger partial charge on any atom is 0.270 e. The third kappa shape index (κ3) is 3.81. The van der Waals surface area contributed by atoms with Crippen LogP contribution in [0.3, 0.4) is 0 Å². The average Bonchev–Trinajstić information content (AvgIpc) is 2.41.